The Kier molecular flexibility index (Phi) is 6.24. The number of aliphatic hydroxyl groups is 1. The minimum absolute atomic E-state index is 0.0191. The van der Waals surface area contributed by atoms with Crippen LogP contribution in [0, 0.1) is 0 Å². The van der Waals surface area contributed by atoms with Gasteiger partial charge in [-0.1, -0.05) is 61.3 Å². The van der Waals surface area contributed by atoms with Gasteiger partial charge in [-0.3, -0.25) is 0 Å². The molecule has 2 aromatic rings. The molecule has 0 saturated heterocycles. The molecule has 2 nitrogen and oxygen atoms in total. The third-order valence-corrected chi connectivity index (χ3v) is 3.84. The van der Waals surface area contributed by atoms with Crippen LogP contribution in [0.3, 0.4) is 0 Å². The Morgan fingerprint density at radius 2 is 1.90 bits per heavy atom. The van der Waals surface area contributed by atoms with E-state index in [0.29, 0.717) is 5.02 Å². The van der Waals surface area contributed by atoms with Crippen LogP contribution in [0.15, 0.2) is 48.5 Å². The van der Waals surface area contributed by atoms with E-state index in [9.17, 15) is 5.11 Å². The fourth-order valence-corrected chi connectivity index (χ4v) is 2.64. The number of hydrogen-bond donors (Lipinski definition) is 2. The van der Waals surface area contributed by atoms with Crippen molar-refractivity contribution in [3.8, 4) is 0 Å². The summed E-state index contributed by atoms with van der Waals surface area (Å²) in [5, 5.41) is 13.9. The van der Waals surface area contributed by atoms with Gasteiger partial charge in [-0.25, -0.2) is 0 Å². The number of unbranched alkanes of at least 4 members (excludes halogenated alkanes) is 1. The van der Waals surface area contributed by atoms with Crippen LogP contribution in [0.1, 0.15) is 42.5 Å². The molecule has 1 atom stereocenters. The molecule has 0 fully saturated rings. The lowest BCUT2D eigenvalue weighted by atomic mass is 9.94. The van der Waals surface area contributed by atoms with Gasteiger partial charge in [0.15, 0.2) is 0 Å². The van der Waals surface area contributed by atoms with E-state index in [1.165, 1.54) is 5.56 Å². The zero-order valence-corrected chi connectivity index (χ0v) is 13.1. The summed E-state index contributed by atoms with van der Waals surface area (Å²) in [7, 11) is 0. The van der Waals surface area contributed by atoms with Gasteiger partial charge in [-0.2, -0.15) is 0 Å². The fraction of sp³-hybridized carbons (Fsp3) is 0.333. The summed E-state index contributed by atoms with van der Waals surface area (Å²) in [6.45, 7) is 3.14. The van der Waals surface area contributed by atoms with Crippen LogP contribution >= 0.6 is 11.6 Å². The first kappa shape index (κ1) is 16.0. The zero-order valence-electron chi connectivity index (χ0n) is 12.3. The monoisotopic (exact) mass is 303 g/mol. The molecule has 0 spiro atoms. The number of nitrogens with one attached hydrogen (secondary N) is 1. The highest BCUT2D eigenvalue weighted by molar-refractivity contribution is 6.30. The van der Waals surface area contributed by atoms with E-state index in [-0.39, 0.29) is 12.6 Å². The van der Waals surface area contributed by atoms with Gasteiger partial charge in [0, 0.05) is 5.02 Å². The molecule has 0 aliphatic heterocycles. The summed E-state index contributed by atoms with van der Waals surface area (Å²) in [5.74, 6) is 0. The van der Waals surface area contributed by atoms with E-state index >= 15 is 0 Å². The molecule has 112 valence electrons. The second kappa shape index (κ2) is 8.18. The Labute approximate surface area is 131 Å². The van der Waals surface area contributed by atoms with Crippen LogP contribution in [0.4, 0.5) is 0 Å². The summed E-state index contributed by atoms with van der Waals surface area (Å²) in [4.78, 5) is 0. The average molecular weight is 304 g/mol. The second-order valence-electron chi connectivity index (χ2n) is 5.15. The van der Waals surface area contributed by atoms with Crippen molar-refractivity contribution in [2.24, 2.45) is 0 Å². The van der Waals surface area contributed by atoms with Gasteiger partial charge in [0.1, 0.15) is 0 Å². The minimum atomic E-state index is 0.0191. The van der Waals surface area contributed by atoms with Crippen LogP contribution in [0.2, 0.25) is 5.02 Å². The molecular formula is C18H22ClNO. The number of aliphatic hydroxyl groups excluding tert-OH is 1. The number of hydrogen-bond acceptors (Lipinski definition) is 2. The van der Waals surface area contributed by atoms with Crippen LogP contribution in [0.5, 0.6) is 0 Å². The molecule has 0 amide bonds. The molecule has 0 saturated carbocycles. The second-order valence-corrected chi connectivity index (χ2v) is 5.59. The molecule has 21 heavy (non-hydrogen) atoms. The van der Waals surface area contributed by atoms with Gasteiger partial charge < -0.3 is 10.4 Å². The molecule has 0 radical (unpaired) electrons. The Balaban J connectivity index is 2.37. The smallest absolute Gasteiger partial charge is 0.0685 e. The lowest BCUT2D eigenvalue weighted by molar-refractivity contribution is 0.279. The summed E-state index contributed by atoms with van der Waals surface area (Å²) in [6.07, 6.45) is 2.27. The van der Waals surface area contributed by atoms with Gasteiger partial charge in [-0.15, -0.1) is 0 Å². The predicted octanol–water partition coefficient (Wildman–Crippen LogP) is 4.31. The van der Waals surface area contributed by atoms with Gasteiger partial charge in [0.25, 0.3) is 0 Å². The maximum Gasteiger partial charge on any atom is 0.0685 e. The van der Waals surface area contributed by atoms with Crippen molar-refractivity contribution in [2.45, 2.75) is 32.4 Å². The molecule has 2 aromatic carbocycles. The van der Waals surface area contributed by atoms with E-state index in [1.54, 1.807) is 0 Å². The van der Waals surface area contributed by atoms with Crippen LogP contribution in [0.25, 0.3) is 0 Å². The van der Waals surface area contributed by atoms with Crippen LogP contribution < -0.4 is 5.32 Å². The van der Waals surface area contributed by atoms with Crippen LogP contribution in [-0.2, 0) is 6.61 Å². The molecule has 0 aliphatic carbocycles. The van der Waals surface area contributed by atoms with Gasteiger partial charge in [-0.05, 0) is 41.8 Å². The van der Waals surface area contributed by atoms with Crippen LogP contribution in [-0.4, -0.2) is 11.7 Å². The molecule has 2 N–H and O–H groups in total. The molecule has 0 bridgehead atoms. The fourth-order valence-electron chi connectivity index (χ4n) is 2.45. The maximum absolute atomic E-state index is 9.61. The van der Waals surface area contributed by atoms with E-state index < -0.39 is 0 Å². The molecule has 3 heteroatoms. The Bertz CT molecular complexity index is 556. The maximum atomic E-state index is 9.61. The normalized spacial score (nSPS) is 12.3. The number of rotatable bonds is 7. The number of halogens is 1. The minimum Gasteiger partial charge on any atom is -0.392 e. The van der Waals surface area contributed by atoms with Crippen molar-refractivity contribution >= 4 is 11.6 Å². The summed E-state index contributed by atoms with van der Waals surface area (Å²) in [5.41, 5.74) is 3.15. The topological polar surface area (TPSA) is 32.3 Å². The Hall–Kier alpha value is -1.35. The van der Waals surface area contributed by atoms with Gasteiger partial charge in [0.05, 0.1) is 12.6 Å². The zero-order chi connectivity index (χ0) is 15.1. The first-order valence-electron chi connectivity index (χ1n) is 7.43. The quantitative estimate of drug-likeness (QED) is 0.747. The van der Waals surface area contributed by atoms with Crippen molar-refractivity contribution in [3.05, 3.63) is 70.2 Å². The van der Waals surface area contributed by atoms with Crippen molar-refractivity contribution in [2.75, 3.05) is 6.54 Å². The first-order chi connectivity index (χ1) is 10.3. The molecule has 1 unspecified atom stereocenters. The van der Waals surface area contributed by atoms with Crippen molar-refractivity contribution in [1.82, 2.24) is 5.32 Å². The molecular weight excluding hydrogens is 282 g/mol. The summed E-state index contributed by atoms with van der Waals surface area (Å²) in [6, 6.07) is 16.0. The Morgan fingerprint density at radius 3 is 2.57 bits per heavy atom. The molecule has 0 heterocycles. The standard InChI is InChI=1S/C18H22ClNO/c1-2-3-11-20-18(14-7-5-4-6-8-14)17-12-16(19)10-9-15(17)13-21/h4-10,12,18,20-21H,2-3,11,13H2,1H3. The van der Waals surface area contributed by atoms with E-state index in [2.05, 4.69) is 24.4 Å². The SMILES string of the molecule is CCCCNC(c1ccccc1)c1cc(Cl)ccc1CO. The van der Waals surface area contributed by atoms with Crippen molar-refractivity contribution in [1.29, 1.82) is 0 Å². The Morgan fingerprint density at radius 1 is 1.14 bits per heavy atom. The van der Waals surface area contributed by atoms with Gasteiger partial charge in [0.2, 0.25) is 0 Å². The van der Waals surface area contributed by atoms with E-state index in [4.69, 9.17) is 11.6 Å². The third-order valence-electron chi connectivity index (χ3n) is 3.60. The highest BCUT2D eigenvalue weighted by Crippen LogP contribution is 2.28. The summed E-state index contributed by atoms with van der Waals surface area (Å²) < 4.78 is 0. The lowest BCUT2D eigenvalue weighted by Crippen LogP contribution is -2.24. The molecule has 2 rings (SSSR count). The first-order valence-corrected chi connectivity index (χ1v) is 7.81. The highest BCUT2D eigenvalue weighted by Gasteiger charge is 2.17. The lowest BCUT2D eigenvalue weighted by Gasteiger charge is -2.22. The summed E-state index contributed by atoms with van der Waals surface area (Å²) >= 11 is 6.16. The third kappa shape index (κ3) is 4.31. The van der Waals surface area contributed by atoms with E-state index in [0.717, 1.165) is 30.5 Å². The average Bonchev–Trinajstić information content (AvgIpc) is 2.52. The van der Waals surface area contributed by atoms with Gasteiger partial charge >= 0.3 is 0 Å². The molecule has 0 aromatic heterocycles. The van der Waals surface area contributed by atoms with E-state index in [1.807, 2.05) is 36.4 Å². The largest absolute Gasteiger partial charge is 0.392 e. The molecule has 0 aliphatic rings. The number of benzene rings is 2. The predicted molar refractivity (Wildman–Crippen MR) is 88.6 cm³/mol. The van der Waals surface area contributed by atoms with Crippen molar-refractivity contribution < 1.29 is 5.11 Å². The van der Waals surface area contributed by atoms with Crippen molar-refractivity contribution in [3.63, 3.8) is 0 Å². The highest BCUT2D eigenvalue weighted by atomic mass is 35.5.